The number of carbonyl (C=O) groups is 3. The summed E-state index contributed by atoms with van der Waals surface area (Å²) in [7, 11) is 0. The van der Waals surface area contributed by atoms with Gasteiger partial charge in [0.15, 0.2) is 23.4 Å². The summed E-state index contributed by atoms with van der Waals surface area (Å²) in [5, 5.41) is 32.4. The fraction of sp³-hybridized carbons (Fsp3) is 0.452. The normalized spacial score (nSPS) is 16.2. The molecule has 5 rings (SSSR count). The zero-order valence-electron chi connectivity index (χ0n) is 36.7. The van der Waals surface area contributed by atoms with Crippen LogP contribution < -0.4 is 74.9 Å². The van der Waals surface area contributed by atoms with Crippen molar-refractivity contribution in [3.63, 3.8) is 0 Å². The highest BCUT2D eigenvalue weighted by Gasteiger charge is 2.35. The number of alkyl halides is 6. The van der Waals surface area contributed by atoms with Crippen LogP contribution in [0.4, 0.5) is 65.3 Å². The molecule has 3 aromatic carbocycles. The average molecular weight is 967 g/mol. The first kappa shape index (κ1) is 52.0. The maximum atomic E-state index is 14.2. The summed E-state index contributed by atoms with van der Waals surface area (Å²) in [6.07, 6.45) is -10.1. The SMILES string of the molecule is NC(N)=NCCCCC(=O)Nc1cc(C(F)(F)F)cc(NC(=O)Nc2ccc(NC(O)Nc3cc(C(F)(F)F)cc(NC(=O)CCCCN=C(N)N)c3OC3CCNC3)cc2)c1OC1CCNC1. The molecule has 0 aliphatic carbocycles. The van der Waals surface area contributed by atoms with Crippen molar-refractivity contribution < 1.29 is 55.3 Å². The van der Waals surface area contributed by atoms with E-state index in [1.54, 1.807) is 0 Å². The number of aliphatic hydroxyl groups excluding tert-OH is 1. The minimum absolute atomic E-state index is 0.0646. The molecule has 20 nitrogen and oxygen atoms in total. The van der Waals surface area contributed by atoms with Crippen LogP contribution in [0.15, 0.2) is 58.5 Å². The number of aliphatic hydroxyl groups is 1. The number of aliphatic imine (C=N–C) groups is 2. The standard InChI is InChI=1S/C42H56F6N14O6/c43-41(44,45)23-17-29(59-33(63)5-1-3-13-55-37(49)50)35(67-27-11-15-53-21-27)31(19-23)61-39(65)57-25-7-9-26(10-8-25)58-40(66)62-32-20-24(42(46,47)48)18-30(36(32)68-28-12-16-54-22-28)60-34(64)6-2-4-14-56-38(51)52/h7-10,17-20,27-28,39,53-54,57,61,65H,1-6,11-16,21-22H2,(H,59,63)(H,60,64)(H4,49,50,55)(H4,51,52,56)(H2,58,62,66). The third-order valence-electron chi connectivity index (χ3n) is 10.2. The van der Waals surface area contributed by atoms with Gasteiger partial charge < -0.3 is 80.0 Å². The minimum atomic E-state index is -4.89. The Morgan fingerprint density at radius 1 is 0.632 bits per heavy atom. The van der Waals surface area contributed by atoms with Crippen LogP contribution in [0.25, 0.3) is 0 Å². The van der Waals surface area contributed by atoms with Crippen molar-refractivity contribution in [3.8, 4) is 11.5 Å². The highest BCUT2D eigenvalue weighted by molar-refractivity contribution is 6.03. The summed E-state index contributed by atoms with van der Waals surface area (Å²) >= 11 is 0. The summed E-state index contributed by atoms with van der Waals surface area (Å²) in [5.74, 6) is -1.79. The number of hydrogen-bond acceptors (Lipinski definition) is 12. The Morgan fingerprint density at radius 3 is 1.49 bits per heavy atom. The van der Waals surface area contributed by atoms with Gasteiger partial charge in [-0.25, -0.2) is 4.79 Å². The fourth-order valence-electron chi connectivity index (χ4n) is 6.93. The van der Waals surface area contributed by atoms with Crippen LogP contribution in [0.2, 0.25) is 0 Å². The Morgan fingerprint density at radius 2 is 1.06 bits per heavy atom. The van der Waals surface area contributed by atoms with Gasteiger partial charge in [-0.3, -0.25) is 19.6 Å². The van der Waals surface area contributed by atoms with Gasteiger partial charge >= 0.3 is 18.4 Å². The van der Waals surface area contributed by atoms with Crippen molar-refractivity contribution in [2.45, 2.75) is 82.3 Å². The Kier molecular flexibility index (Phi) is 18.5. The first-order chi connectivity index (χ1) is 32.2. The number of carbonyl (C=O) groups excluding carboxylic acids is 3. The number of hydrogen-bond donors (Lipinski definition) is 13. The number of urea groups is 1. The van der Waals surface area contributed by atoms with E-state index < -0.39 is 59.9 Å². The van der Waals surface area contributed by atoms with Gasteiger partial charge in [-0.15, -0.1) is 0 Å². The topological polar surface area (TPSA) is 315 Å². The highest BCUT2D eigenvalue weighted by atomic mass is 19.4. The van der Waals surface area contributed by atoms with E-state index in [1.165, 1.54) is 24.3 Å². The molecule has 0 radical (unpaired) electrons. The third-order valence-corrected chi connectivity index (χ3v) is 10.2. The number of nitrogens with zero attached hydrogens (tertiary/aromatic N) is 2. The second kappa shape index (κ2) is 24.2. The van der Waals surface area contributed by atoms with Gasteiger partial charge in [0.1, 0.15) is 12.2 Å². The lowest BCUT2D eigenvalue weighted by molar-refractivity contribution is -0.138. The molecule has 2 saturated heterocycles. The number of guanidine groups is 2. The van der Waals surface area contributed by atoms with Crippen molar-refractivity contribution in [1.82, 2.24) is 10.6 Å². The molecule has 2 heterocycles. The molecule has 372 valence electrons. The minimum Gasteiger partial charge on any atom is -0.485 e. The maximum Gasteiger partial charge on any atom is 0.416 e. The molecule has 17 N–H and O–H groups in total. The third kappa shape index (κ3) is 16.7. The van der Waals surface area contributed by atoms with Crippen molar-refractivity contribution in [1.29, 1.82) is 0 Å². The Bertz CT molecular complexity index is 2240. The van der Waals surface area contributed by atoms with E-state index in [-0.39, 0.29) is 83.5 Å². The van der Waals surface area contributed by atoms with Gasteiger partial charge in [-0.1, -0.05) is 0 Å². The molecular weight excluding hydrogens is 911 g/mol. The number of anilines is 6. The number of amides is 4. The Balaban J connectivity index is 1.30. The summed E-state index contributed by atoms with van der Waals surface area (Å²) in [4.78, 5) is 46.9. The summed E-state index contributed by atoms with van der Waals surface area (Å²) in [6.45, 7) is 2.37. The number of nitrogens with one attached hydrogen (secondary N) is 8. The second-order valence-electron chi connectivity index (χ2n) is 15.7. The number of ether oxygens (including phenoxy) is 2. The van der Waals surface area contributed by atoms with E-state index >= 15 is 0 Å². The smallest absolute Gasteiger partial charge is 0.416 e. The lowest BCUT2D eigenvalue weighted by Gasteiger charge is -2.25. The van der Waals surface area contributed by atoms with Gasteiger partial charge in [0.05, 0.1) is 33.9 Å². The number of halogens is 6. The van der Waals surface area contributed by atoms with Crippen LogP contribution in [-0.2, 0) is 21.9 Å². The number of rotatable bonds is 22. The molecule has 0 spiro atoms. The monoisotopic (exact) mass is 966 g/mol. The molecule has 0 bridgehead atoms. The molecule has 2 aliphatic rings. The van der Waals surface area contributed by atoms with Crippen molar-refractivity contribution >= 4 is 63.9 Å². The van der Waals surface area contributed by atoms with Gasteiger partial charge in [0.2, 0.25) is 18.2 Å². The number of benzene rings is 3. The molecule has 2 fully saturated rings. The first-order valence-corrected chi connectivity index (χ1v) is 21.6. The first-order valence-electron chi connectivity index (χ1n) is 21.6. The summed E-state index contributed by atoms with van der Waals surface area (Å²) in [6, 6.07) is 7.44. The quantitative estimate of drug-likeness (QED) is 0.0218. The van der Waals surface area contributed by atoms with Crippen LogP contribution in [0.5, 0.6) is 11.5 Å². The molecule has 0 aromatic heterocycles. The molecule has 2 aliphatic heterocycles. The van der Waals surface area contributed by atoms with Crippen molar-refractivity contribution in [2.24, 2.45) is 32.9 Å². The van der Waals surface area contributed by atoms with Gasteiger partial charge in [0.25, 0.3) is 0 Å². The molecule has 3 atom stereocenters. The molecular formula is C42H56F6N14O6. The molecule has 3 aromatic rings. The zero-order chi connectivity index (χ0) is 49.4. The van der Waals surface area contributed by atoms with E-state index in [2.05, 4.69) is 52.5 Å². The lowest BCUT2D eigenvalue weighted by Crippen LogP contribution is -2.29. The van der Waals surface area contributed by atoms with Crippen LogP contribution in [-0.4, -0.2) is 92.7 Å². The van der Waals surface area contributed by atoms with E-state index in [4.69, 9.17) is 32.4 Å². The van der Waals surface area contributed by atoms with Crippen LogP contribution >= 0.6 is 0 Å². The predicted molar refractivity (Wildman–Crippen MR) is 245 cm³/mol. The van der Waals surface area contributed by atoms with Crippen molar-refractivity contribution in [3.05, 3.63) is 59.7 Å². The molecule has 26 heteroatoms. The fourth-order valence-corrected chi connectivity index (χ4v) is 6.93. The number of unbranched alkanes of at least 4 members (excludes halogenated alkanes) is 2. The summed E-state index contributed by atoms with van der Waals surface area (Å²) in [5.41, 5.74) is 18.0. The van der Waals surface area contributed by atoms with Crippen molar-refractivity contribution in [2.75, 3.05) is 71.2 Å². The van der Waals surface area contributed by atoms with E-state index in [9.17, 15) is 45.8 Å². The molecule has 0 saturated carbocycles. The highest BCUT2D eigenvalue weighted by Crippen LogP contribution is 2.43. The van der Waals surface area contributed by atoms with Gasteiger partial charge in [0, 0.05) is 50.4 Å². The predicted octanol–water partition coefficient (Wildman–Crippen LogP) is 4.41. The van der Waals surface area contributed by atoms with E-state index in [0.29, 0.717) is 70.8 Å². The molecule has 4 amide bonds. The molecule has 3 unspecified atom stereocenters. The van der Waals surface area contributed by atoms with E-state index in [0.717, 1.165) is 18.2 Å². The Labute approximate surface area is 386 Å². The number of nitrogens with two attached hydrogens (primary N) is 4. The second-order valence-corrected chi connectivity index (χ2v) is 15.7. The van der Waals surface area contributed by atoms with Crippen LogP contribution in [0, 0.1) is 0 Å². The zero-order valence-corrected chi connectivity index (χ0v) is 36.7. The largest absolute Gasteiger partial charge is 0.485 e. The van der Waals surface area contributed by atoms with Crippen LogP contribution in [0.1, 0.15) is 62.5 Å². The maximum absolute atomic E-state index is 14.2. The summed E-state index contributed by atoms with van der Waals surface area (Å²) < 4.78 is 97.3. The average Bonchev–Trinajstić information content (AvgIpc) is 3.97. The van der Waals surface area contributed by atoms with Crippen LogP contribution in [0.3, 0.4) is 0 Å². The molecule has 68 heavy (non-hydrogen) atoms. The van der Waals surface area contributed by atoms with E-state index in [1.807, 2.05) is 0 Å². The lowest BCUT2D eigenvalue weighted by atomic mass is 10.1. The van der Waals surface area contributed by atoms with Gasteiger partial charge in [-0.2, -0.15) is 26.3 Å². The Hall–Kier alpha value is -6.93. The van der Waals surface area contributed by atoms with Gasteiger partial charge in [-0.05, 0) is 100 Å².